The van der Waals surface area contributed by atoms with Crippen molar-refractivity contribution in [3.05, 3.63) is 35.4 Å². The molecule has 1 aliphatic heterocycles. The molecule has 1 saturated heterocycles. The Hall–Kier alpha value is -2.22. The number of piperidine rings is 1. The Labute approximate surface area is 138 Å². The molecule has 1 fully saturated rings. The maximum absolute atomic E-state index is 13.9. The Balaban J connectivity index is 1.90. The summed E-state index contributed by atoms with van der Waals surface area (Å²) in [4.78, 5) is 24.2. The minimum atomic E-state index is -1.62. The van der Waals surface area contributed by atoms with Crippen LogP contribution >= 0.6 is 0 Å². The Morgan fingerprint density at radius 1 is 1.17 bits per heavy atom. The van der Waals surface area contributed by atoms with Crippen molar-refractivity contribution in [1.82, 2.24) is 15.5 Å². The molecule has 0 aromatic heterocycles. The molecule has 0 bridgehead atoms. The van der Waals surface area contributed by atoms with E-state index in [0.717, 1.165) is 12.1 Å². The second-order valence-corrected chi connectivity index (χ2v) is 5.83. The number of amides is 3. The summed E-state index contributed by atoms with van der Waals surface area (Å²) in [5.74, 6) is -1.75. The number of carbonyl (C=O) groups is 2. The molecule has 0 aliphatic carbocycles. The molecule has 0 radical (unpaired) electrons. The van der Waals surface area contributed by atoms with E-state index >= 15 is 0 Å². The molecular weight excluding hydrogens is 320 g/mol. The first kappa shape index (κ1) is 18.1. The summed E-state index contributed by atoms with van der Waals surface area (Å²) in [6.45, 7) is 2.34. The van der Waals surface area contributed by atoms with Gasteiger partial charge in [0.25, 0.3) is 0 Å². The van der Waals surface area contributed by atoms with Crippen LogP contribution < -0.4 is 10.6 Å². The van der Waals surface area contributed by atoms with Gasteiger partial charge in [0.2, 0.25) is 5.91 Å². The molecule has 24 heavy (non-hydrogen) atoms. The van der Waals surface area contributed by atoms with Gasteiger partial charge in [-0.1, -0.05) is 6.07 Å². The van der Waals surface area contributed by atoms with E-state index in [1.54, 1.807) is 0 Å². The number of rotatable bonds is 4. The predicted molar refractivity (Wildman–Crippen MR) is 83.1 cm³/mol. The predicted octanol–water partition coefficient (Wildman–Crippen LogP) is 1.09. The second kappa shape index (κ2) is 7.57. The van der Waals surface area contributed by atoms with Crippen LogP contribution in [-0.4, -0.2) is 48.1 Å². The first-order chi connectivity index (χ1) is 11.3. The number of hydrogen-bond acceptors (Lipinski definition) is 3. The van der Waals surface area contributed by atoms with Crippen LogP contribution in [0.4, 0.5) is 13.6 Å². The van der Waals surface area contributed by atoms with Gasteiger partial charge in [-0.15, -0.1) is 0 Å². The average molecular weight is 341 g/mol. The number of benzene rings is 1. The topological polar surface area (TPSA) is 81.7 Å². The van der Waals surface area contributed by atoms with Crippen LogP contribution in [0.15, 0.2) is 18.2 Å². The van der Waals surface area contributed by atoms with Gasteiger partial charge in [0, 0.05) is 33.1 Å². The molecule has 3 N–H and O–H groups in total. The van der Waals surface area contributed by atoms with Crippen LogP contribution in [0.3, 0.4) is 0 Å². The van der Waals surface area contributed by atoms with Gasteiger partial charge in [-0.2, -0.15) is 0 Å². The van der Waals surface area contributed by atoms with Crippen LogP contribution in [-0.2, 0) is 10.4 Å². The van der Waals surface area contributed by atoms with Crippen molar-refractivity contribution in [2.24, 2.45) is 0 Å². The smallest absolute Gasteiger partial charge is 0.317 e. The largest absolute Gasteiger partial charge is 0.385 e. The first-order valence-corrected chi connectivity index (χ1v) is 7.77. The third-order valence-corrected chi connectivity index (χ3v) is 4.08. The van der Waals surface area contributed by atoms with Gasteiger partial charge in [-0.3, -0.25) is 4.79 Å². The second-order valence-electron chi connectivity index (χ2n) is 5.83. The molecule has 0 spiro atoms. The highest BCUT2D eigenvalue weighted by Gasteiger charge is 2.39. The Morgan fingerprint density at radius 2 is 1.71 bits per heavy atom. The molecule has 132 valence electrons. The van der Waals surface area contributed by atoms with Crippen LogP contribution in [0.5, 0.6) is 0 Å². The molecule has 0 saturated carbocycles. The van der Waals surface area contributed by atoms with E-state index in [-0.39, 0.29) is 50.0 Å². The summed E-state index contributed by atoms with van der Waals surface area (Å²) in [6.07, 6.45) is 0.0912. The van der Waals surface area contributed by atoms with Crippen LogP contribution in [0.1, 0.15) is 25.3 Å². The van der Waals surface area contributed by atoms with Crippen molar-refractivity contribution >= 4 is 11.9 Å². The van der Waals surface area contributed by atoms with E-state index in [1.165, 1.54) is 17.9 Å². The lowest BCUT2D eigenvalue weighted by atomic mass is 9.84. The minimum Gasteiger partial charge on any atom is -0.385 e. The zero-order valence-electron chi connectivity index (χ0n) is 13.4. The monoisotopic (exact) mass is 341 g/mol. The van der Waals surface area contributed by atoms with E-state index < -0.39 is 17.2 Å². The normalized spacial score (nSPS) is 16.6. The molecule has 1 heterocycles. The third kappa shape index (κ3) is 4.19. The van der Waals surface area contributed by atoms with Crippen LogP contribution in [0.2, 0.25) is 0 Å². The number of nitrogens with zero attached hydrogens (tertiary/aromatic N) is 1. The van der Waals surface area contributed by atoms with Gasteiger partial charge in [0.1, 0.15) is 11.6 Å². The molecular formula is C16H21F2N3O3. The zero-order chi connectivity index (χ0) is 17.7. The Morgan fingerprint density at radius 3 is 2.25 bits per heavy atom. The Bertz CT molecular complexity index is 596. The van der Waals surface area contributed by atoms with Crippen molar-refractivity contribution in [3.63, 3.8) is 0 Å². The average Bonchev–Trinajstić information content (AvgIpc) is 2.51. The van der Waals surface area contributed by atoms with Crippen molar-refractivity contribution in [2.75, 3.05) is 26.2 Å². The molecule has 1 aliphatic rings. The standard InChI is InChI=1S/C16H21F2N3O3/c1-11(22)19-7-8-20-15(23)21-9-5-16(24,6-10-21)14-12(17)3-2-4-13(14)18/h2-4,24H,5-10H2,1H3,(H,19,22)(H,20,23). The number of urea groups is 1. The number of hydrogen-bond donors (Lipinski definition) is 3. The molecule has 3 amide bonds. The molecule has 8 heteroatoms. The summed E-state index contributed by atoms with van der Waals surface area (Å²) in [6, 6.07) is 3.13. The zero-order valence-corrected chi connectivity index (χ0v) is 13.4. The van der Waals surface area contributed by atoms with Gasteiger partial charge >= 0.3 is 6.03 Å². The molecule has 1 aromatic carbocycles. The quantitative estimate of drug-likeness (QED) is 0.717. The van der Waals surface area contributed by atoms with E-state index in [4.69, 9.17) is 0 Å². The van der Waals surface area contributed by atoms with Gasteiger partial charge in [0.05, 0.1) is 11.2 Å². The fourth-order valence-electron chi connectivity index (χ4n) is 2.79. The van der Waals surface area contributed by atoms with Crippen molar-refractivity contribution in [1.29, 1.82) is 0 Å². The highest BCUT2D eigenvalue weighted by atomic mass is 19.1. The van der Waals surface area contributed by atoms with E-state index in [1.807, 2.05) is 0 Å². The summed E-state index contributed by atoms with van der Waals surface area (Å²) in [7, 11) is 0. The fourth-order valence-corrected chi connectivity index (χ4v) is 2.79. The summed E-state index contributed by atoms with van der Waals surface area (Å²) >= 11 is 0. The van der Waals surface area contributed by atoms with E-state index in [0.29, 0.717) is 6.54 Å². The third-order valence-electron chi connectivity index (χ3n) is 4.08. The van der Waals surface area contributed by atoms with Gasteiger partial charge in [0.15, 0.2) is 0 Å². The number of nitrogens with one attached hydrogen (secondary N) is 2. The minimum absolute atomic E-state index is 0.0456. The highest BCUT2D eigenvalue weighted by Crippen LogP contribution is 2.35. The van der Waals surface area contributed by atoms with Gasteiger partial charge < -0.3 is 20.6 Å². The molecule has 0 unspecified atom stereocenters. The van der Waals surface area contributed by atoms with E-state index in [2.05, 4.69) is 10.6 Å². The molecule has 6 nitrogen and oxygen atoms in total. The van der Waals surface area contributed by atoms with Crippen molar-refractivity contribution in [2.45, 2.75) is 25.4 Å². The summed E-state index contributed by atoms with van der Waals surface area (Å²) in [5, 5.41) is 15.8. The Kier molecular flexibility index (Phi) is 5.71. The number of aliphatic hydroxyl groups is 1. The first-order valence-electron chi connectivity index (χ1n) is 7.77. The maximum atomic E-state index is 13.9. The molecule has 1 aromatic rings. The van der Waals surface area contributed by atoms with Crippen molar-refractivity contribution in [3.8, 4) is 0 Å². The summed E-state index contributed by atoms with van der Waals surface area (Å²) < 4.78 is 27.8. The highest BCUT2D eigenvalue weighted by molar-refractivity contribution is 5.75. The SMILES string of the molecule is CC(=O)NCCNC(=O)N1CCC(O)(c2c(F)cccc2F)CC1. The van der Waals surface area contributed by atoms with Crippen molar-refractivity contribution < 1.29 is 23.5 Å². The van der Waals surface area contributed by atoms with Gasteiger partial charge in [-0.25, -0.2) is 13.6 Å². The lowest BCUT2D eigenvalue weighted by Crippen LogP contribution is -2.50. The number of halogens is 2. The van der Waals surface area contributed by atoms with Gasteiger partial charge in [-0.05, 0) is 25.0 Å². The summed E-state index contributed by atoms with van der Waals surface area (Å²) in [5.41, 5.74) is -1.96. The molecule has 2 rings (SSSR count). The lowest BCUT2D eigenvalue weighted by molar-refractivity contribution is -0.118. The number of carbonyl (C=O) groups excluding carboxylic acids is 2. The lowest BCUT2D eigenvalue weighted by Gasteiger charge is -2.38. The molecule has 0 atom stereocenters. The van der Waals surface area contributed by atoms with E-state index in [9.17, 15) is 23.5 Å². The number of likely N-dealkylation sites (tertiary alicyclic amines) is 1. The van der Waals surface area contributed by atoms with Crippen LogP contribution in [0, 0.1) is 11.6 Å². The van der Waals surface area contributed by atoms with Crippen LogP contribution in [0.25, 0.3) is 0 Å². The maximum Gasteiger partial charge on any atom is 0.317 e. The fraction of sp³-hybridized carbons (Fsp3) is 0.500.